The average molecular weight is 358 g/mol. The Balaban J connectivity index is 1.51. The first-order valence-corrected chi connectivity index (χ1v) is 9.89. The first kappa shape index (κ1) is 18.0. The Morgan fingerprint density at radius 1 is 1.35 bits per heavy atom. The Hall–Kier alpha value is -1.43. The van der Waals surface area contributed by atoms with E-state index in [4.69, 9.17) is 4.74 Å². The predicted molar refractivity (Wildman–Crippen MR) is 101 cm³/mol. The molecule has 1 aliphatic carbocycles. The van der Waals surface area contributed by atoms with Crippen molar-refractivity contribution in [2.24, 2.45) is 0 Å². The Kier molecular flexibility index (Phi) is 4.80. The minimum Gasteiger partial charge on any atom is -0.393 e. The third-order valence-electron chi connectivity index (χ3n) is 6.67. The largest absolute Gasteiger partial charge is 0.393 e. The maximum absolute atomic E-state index is 13.1. The number of ether oxygens (including phenoxy) is 1. The van der Waals surface area contributed by atoms with Crippen molar-refractivity contribution in [3.05, 3.63) is 29.3 Å². The van der Waals surface area contributed by atoms with Crippen molar-refractivity contribution in [3.8, 4) is 0 Å². The summed E-state index contributed by atoms with van der Waals surface area (Å²) >= 11 is 0. The second kappa shape index (κ2) is 6.95. The Morgan fingerprint density at radius 2 is 2.19 bits per heavy atom. The van der Waals surface area contributed by atoms with Crippen LogP contribution in [0.15, 0.2) is 18.2 Å². The third kappa shape index (κ3) is 3.06. The number of aliphatic hydroxyl groups is 1. The van der Waals surface area contributed by atoms with E-state index in [0.29, 0.717) is 13.0 Å². The molecular formula is C21H30N2O3. The van der Waals surface area contributed by atoms with Gasteiger partial charge in [0, 0.05) is 31.9 Å². The number of hydrogen-bond acceptors (Lipinski definition) is 4. The van der Waals surface area contributed by atoms with Gasteiger partial charge >= 0.3 is 0 Å². The summed E-state index contributed by atoms with van der Waals surface area (Å²) in [5.41, 5.74) is 3.42. The molecule has 0 unspecified atom stereocenters. The lowest BCUT2D eigenvalue weighted by Gasteiger charge is -2.42. The average Bonchev–Trinajstić information content (AvgIpc) is 2.99. The molecule has 1 aromatic rings. The molecule has 2 heterocycles. The SMILES string of the molecule is CO[C@@]12CC[C@H](O)C[C@@H]1N(CC(=O)N1CCCc3cc(C)ccc31)CC2. The first-order valence-electron chi connectivity index (χ1n) is 9.89. The first-order chi connectivity index (χ1) is 12.5. The van der Waals surface area contributed by atoms with Crippen molar-refractivity contribution in [1.29, 1.82) is 0 Å². The molecule has 1 amide bonds. The van der Waals surface area contributed by atoms with Crippen LogP contribution in [0.3, 0.4) is 0 Å². The molecule has 0 radical (unpaired) electrons. The van der Waals surface area contributed by atoms with Crippen LogP contribution in [0.4, 0.5) is 5.69 Å². The smallest absolute Gasteiger partial charge is 0.241 e. The van der Waals surface area contributed by atoms with Gasteiger partial charge in [-0.2, -0.15) is 0 Å². The van der Waals surface area contributed by atoms with Crippen LogP contribution in [0.5, 0.6) is 0 Å². The highest BCUT2D eigenvalue weighted by Gasteiger charge is 2.51. The number of methoxy groups -OCH3 is 1. The van der Waals surface area contributed by atoms with Crippen LogP contribution in [0.25, 0.3) is 0 Å². The molecule has 2 aliphatic heterocycles. The van der Waals surface area contributed by atoms with Crippen molar-refractivity contribution in [2.75, 3.05) is 31.6 Å². The molecule has 0 spiro atoms. The number of aryl methyl sites for hydroxylation is 2. The van der Waals surface area contributed by atoms with Crippen molar-refractivity contribution < 1.29 is 14.6 Å². The molecular weight excluding hydrogens is 328 g/mol. The molecule has 5 nitrogen and oxygen atoms in total. The second-order valence-electron chi connectivity index (χ2n) is 8.21. The molecule has 5 heteroatoms. The fourth-order valence-corrected chi connectivity index (χ4v) is 5.20. The van der Waals surface area contributed by atoms with E-state index in [2.05, 4.69) is 30.0 Å². The Labute approximate surface area is 155 Å². The molecule has 0 bridgehead atoms. The van der Waals surface area contributed by atoms with Crippen LogP contribution in [-0.2, 0) is 16.0 Å². The number of benzene rings is 1. The fraction of sp³-hybridized carbons (Fsp3) is 0.667. The minimum atomic E-state index is -0.280. The van der Waals surface area contributed by atoms with Gasteiger partial charge in [-0.3, -0.25) is 9.69 Å². The number of amides is 1. The van der Waals surface area contributed by atoms with E-state index in [9.17, 15) is 9.90 Å². The van der Waals surface area contributed by atoms with Crippen molar-refractivity contribution >= 4 is 11.6 Å². The molecule has 1 N–H and O–H groups in total. The van der Waals surface area contributed by atoms with Gasteiger partial charge in [0.05, 0.1) is 18.2 Å². The lowest BCUT2D eigenvalue weighted by molar-refractivity contribution is -0.122. The summed E-state index contributed by atoms with van der Waals surface area (Å²) in [5, 5.41) is 10.1. The summed E-state index contributed by atoms with van der Waals surface area (Å²) in [6, 6.07) is 6.53. The molecule has 1 saturated carbocycles. The fourth-order valence-electron chi connectivity index (χ4n) is 5.20. The Morgan fingerprint density at radius 3 is 3.00 bits per heavy atom. The highest BCUT2D eigenvalue weighted by atomic mass is 16.5. The van der Waals surface area contributed by atoms with Crippen LogP contribution in [-0.4, -0.2) is 60.4 Å². The zero-order chi connectivity index (χ0) is 18.3. The number of likely N-dealkylation sites (tertiary alicyclic amines) is 1. The number of fused-ring (bicyclic) bond motifs is 2. The van der Waals surface area contributed by atoms with Gasteiger partial charge in [0.1, 0.15) is 0 Å². The topological polar surface area (TPSA) is 53.0 Å². The zero-order valence-corrected chi connectivity index (χ0v) is 15.9. The van der Waals surface area contributed by atoms with Gasteiger partial charge in [0.2, 0.25) is 5.91 Å². The van der Waals surface area contributed by atoms with Gasteiger partial charge in [-0.25, -0.2) is 0 Å². The number of hydrogen-bond donors (Lipinski definition) is 1. The van der Waals surface area contributed by atoms with E-state index >= 15 is 0 Å². The van der Waals surface area contributed by atoms with E-state index < -0.39 is 0 Å². The maximum atomic E-state index is 13.1. The van der Waals surface area contributed by atoms with Gasteiger partial charge in [-0.05, 0) is 57.1 Å². The van der Waals surface area contributed by atoms with Gasteiger partial charge in [-0.15, -0.1) is 0 Å². The molecule has 2 fully saturated rings. The van der Waals surface area contributed by atoms with Crippen LogP contribution in [0.2, 0.25) is 0 Å². The van der Waals surface area contributed by atoms with Crippen LogP contribution < -0.4 is 4.90 Å². The van der Waals surface area contributed by atoms with Crippen molar-refractivity contribution in [3.63, 3.8) is 0 Å². The van der Waals surface area contributed by atoms with Crippen molar-refractivity contribution in [2.45, 2.75) is 63.2 Å². The van der Waals surface area contributed by atoms with E-state index in [0.717, 1.165) is 50.9 Å². The van der Waals surface area contributed by atoms with E-state index in [1.807, 2.05) is 4.90 Å². The molecule has 1 aromatic carbocycles. The minimum absolute atomic E-state index is 0.141. The number of carbonyl (C=O) groups is 1. The summed E-state index contributed by atoms with van der Waals surface area (Å²) in [6.45, 7) is 4.18. The van der Waals surface area contributed by atoms with Gasteiger partial charge < -0.3 is 14.7 Å². The number of rotatable bonds is 3. The van der Waals surface area contributed by atoms with Crippen molar-refractivity contribution in [1.82, 2.24) is 4.90 Å². The van der Waals surface area contributed by atoms with Crippen LogP contribution in [0, 0.1) is 6.92 Å². The van der Waals surface area contributed by atoms with E-state index in [1.165, 1.54) is 11.1 Å². The molecule has 142 valence electrons. The summed E-state index contributed by atoms with van der Waals surface area (Å²) in [5.74, 6) is 0.168. The number of anilines is 1. The maximum Gasteiger partial charge on any atom is 0.241 e. The molecule has 1 saturated heterocycles. The zero-order valence-electron chi connectivity index (χ0n) is 15.9. The number of nitrogens with zero attached hydrogens (tertiary/aromatic N) is 2. The third-order valence-corrected chi connectivity index (χ3v) is 6.67. The standard InChI is InChI=1S/C21H30N2O3/c1-15-5-6-18-16(12-15)4-3-10-23(18)20(25)14-22-11-9-21(26-2)8-7-17(24)13-19(21)22/h5-6,12,17,19,24H,3-4,7-11,13-14H2,1-2H3/t17-,19-,21+/m0/s1. The molecule has 3 atom stereocenters. The molecule has 4 rings (SSSR count). The van der Waals surface area contributed by atoms with E-state index in [1.54, 1.807) is 7.11 Å². The Bertz CT molecular complexity index is 692. The normalized spacial score (nSPS) is 31.6. The quantitative estimate of drug-likeness (QED) is 0.901. The lowest BCUT2D eigenvalue weighted by atomic mass is 9.79. The monoisotopic (exact) mass is 358 g/mol. The number of carbonyl (C=O) groups excluding carboxylic acids is 1. The number of aliphatic hydroxyl groups excluding tert-OH is 1. The molecule has 0 aromatic heterocycles. The van der Waals surface area contributed by atoms with E-state index in [-0.39, 0.29) is 23.7 Å². The summed E-state index contributed by atoms with van der Waals surface area (Å²) in [4.78, 5) is 17.3. The van der Waals surface area contributed by atoms with Crippen LogP contribution in [0.1, 0.15) is 43.2 Å². The predicted octanol–water partition coefficient (Wildman–Crippen LogP) is 2.28. The summed E-state index contributed by atoms with van der Waals surface area (Å²) in [7, 11) is 1.78. The second-order valence-corrected chi connectivity index (χ2v) is 8.21. The van der Waals surface area contributed by atoms with Gasteiger partial charge in [0.15, 0.2) is 0 Å². The van der Waals surface area contributed by atoms with Gasteiger partial charge in [0.25, 0.3) is 0 Å². The lowest BCUT2D eigenvalue weighted by Crippen LogP contribution is -2.53. The molecule has 26 heavy (non-hydrogen) atoms. The summed E-state index contributed by atoms with van der Waals surface area (Å²) < 4.78 is 5.90. The highest BCUT2D eigenvalue weighted by Crippen LogP contribution is 2.42. The van der Waals surface area contributed by atoms with Crippen LogP contribution >= 0.6 is 0 Å². The highest BCUT2D eigenvalue weighted by molar-refractivity contribution is 5.96. The summed E-state index contributed by atoms with van der Waals surface area (Å²) in [6.07, 6.45) is 5.12. The van der Waals surface area contributed by atoms with Gasteiger partial charge in [-0.1, -0.05) is 17.7 Å². The molecule has 3 aliphatic rings.